The molecule has 94 valence electrons. The molecule has 18 heavy (non-hydrogen) atoms. The third kappa shape index (κ3) is 2.16. The average Bonchev–Trinajstić information content (AvgIpc) is 3.08. The third-order valence-electron chi connectivity index (χ3n) is 2.96. The number of rotatable bonds is 4. The molecule has 0 bridgehead atoms. The quantitative estimate of drug-likeness (QED) is 0.875. The molecule has 0 atom stereocenters. The molecule has 1 heterocycles. The number of benzene rings is 1. The summed E-state index contributed by atoms with van der Waals surface area (Å²) in [6.07, 6.45) is 2.80. The zero-order valence-corrected chi connectivity index (χ0v) is 10.1. The normalized spacial score (nSPS) is 18.3. The van der Waals surface area contributed by atoms with Gasteiger partial charge in [0.05, 0.1) is 25.3 Å². The molecule has 2 aliphatic rings. The summed E-state index contributed by atoms with van der Waals surface area (Å²) in [5, 5.41) is 4.00. The highest BCUT2D eigenvalue weighted by Gasteiger charge is 2.25. The summed E-state index contributed by atoms with van der Waals surface area (Å²) in [6.45, 7) is 0. The minimum absolute atomic E-state index is 0.0783. The lowest BCUT2D eigenvalue weighted by Crippen LogP contribution is -2.09. The topological polar surface area (TPSA) is 59.9 Å². The highest BCUT2D eigenvalue weighted by molar-refractivity contribution is 6.13. The van der Waals surface area contributed by atoms with Gasteiger partial charge in [-0.15, -0.1) is 0 Å². The van der Waals surface area contributed by atoms with Crippen LogP contribution in [-0.4, -0.2) is 24.8 Å². The number of hydrogen-bond acceptors (Lipinski definition) is 4. The molecule has 5 nitrogen and oxygen atoms in total. The SMILES string of the molecule is COc1ccc(C2=NNC(=O)C2)cc1OC1CC1. The van der Waals surface area contributed by atoms with E-state index in [2.05, 4.69) is 10.5 Å². The first-order chi connectivity index (χ1) is 8.76. The van der Waals surface area contributed by atoms with Gasteiger partial charge in [-0.2, -0.15) is 5.10 Å². The maximum atomic E-state index is 11.1. The van der Waals surface area contributed by atoms with Gasteiger partial charge in [0.2, 0.25) is 5.91 Å². The Morgan fingerprint density at radius 1 is 1.33 bits per heavy atom. The summed E-state index contributed by atoms with van der Waals surface area (Å²) < 4.78 is 11.1. The van der Waals surface area contributed by atoms with Crippen molar-refractivity contribution in [2.24, 2.45) is 5.10 Å². The number of hydrogen-bond donors (Lipinski definition) is 1. The second-order valence-electron chi connectivity index (χ2n) is 4.45. The zero-order chi connectivity index (χ0) is 12.5. The molecular weight excluding hydrogens is 232 g/mol. The van der Waals surface area contributed by atoms with Crippen molar-refractivity contribution in [3.8, 4) is 11.5 Å². The minimum atomic E-state index is -0.0783. The molecule has 1 aromatic carbocycles. The van der Waals surface area contributed by atoms with Gasteiger partial charge in [0.15, 0.2) is 11.5 Å². The maximum Gasteiger partial charge on any atom is 0.246 e. The van der Waals surface area contributed by atoms with Gasteiger partial charge in [0.25, 0.3) is 0 Å². The molecule has 0 aromatic heterocycles. The van der Waals surface area contributed by atoms with Gasteiger partial charge in [-0.25, -0.2) is 5.43 Å². The summed E-state index contributed by atoms with van der Waals surface area (Å²) in [6, 6.07) is 5.62. The largest absolute Gasteiger partial charge is 0.493 e. The van der Waals surface area contributed by atoms with E-state index in [0.29, 0.717) is 18.3 Å². The van der Waals surface area contributed by atoms with Crippen LogP contribution in [0.4, 0.5) is 0 Å². The van der Waals surface area contributed by atoms with Gasteiger partial charge < -0.3 is 9.47 Å². The number of hydrazone groups is 1. The number of amides is 1. The summed E-state index contributed by atoms with van der Waals surface area (Å²) in [5.41, 5.74) is 4.08. The monoisotopic (exact) mass is 246 g/mol. The van der Waals surface area contributed by atoms with Crippen LogP contribution in [0.15, 0.2) is 23.3 Å². The Kier molecular flexibility index (Phi) is 2.66. The summed E-state index contributed by atoms with van der Waals surface area (Å²) in [7, 11) is 1.62. The highest BCUT2D eigenvalue weighted by Crippen LogP contribution is 2.34. The van der Waals surface area contributed by atoms with Crippen LogP contribution in [0.1, 0.15) is 24.8 Å². The van der Waals surface area contributed by atoms with E-state index in [1.165, 1.54) is 0 Å². The predicted molar refractivity (Wildman–Crippen MR) is 65.9 cm³/mol. The Morgan fingerprint density at radius 2 is 2.17 bits per heavy atom. The van der Waals surface area contributed by atoms with E-state index in [1.54, 1.807) is 7.11 Å². The lowest BCUT2D eigenvalue weighted by molar-refractivity contribution is -0.119. The molecule has 1 N–H and O–H groups in total. The molecule has 0 unspecified atom stereocenters. The van der Waals surface area contributed by atoms with E-state index in [4.69, 9.17) is 9.47 Å². The van der Waals surface area contributed by atoms with Gasteiger partial charge >= 0.3 is 0 Å². The lowest BCUT2D eigenvalue weighted by Gasteiger charge is -2.11. The third-order valence-corrected chi connectivity index (χ3v) is 2.96. The summed E-state index contributed by atoms with van der Waals surface area (Å²) in [5.74, 6) is 1.36. The van der Waals surface area contributed by atoms with Crippen molar-refractivity contribution in [3.63, 3.8) is 0 Å². The average molecular weight is 246 g/mol. The van der Waals surface area contributed by atoms with Crippen LogP contribution >= 0.6 is 0 Å². The Labute approximate surface area is 105 Å². The number of nitrogens with one attached hydrogen (secondary N) is 1. The fraction of sp³-hybridized carbons (Fsp3) is 0.385. The summed E-state index contributed by atoms with van der Waals surface area (Å²) >= 11 is 0. The second-order valence-corrected chi connectivity index (χ2v) is 4.45. The molecule has 3 rings (SSSR count). The molecule has 0 radical (unpaired) electrons. The molecule has 1 fully saturated rings. The molecule has 0 saturated heterocycles. The minimum Gasteiger partial charge on any atom is -0.493 e. The van der Waals surface area contributed by atoms with Crippen molar-refractivity contribution >= 4 is 11.6 Å². The number of ether oxygens (including phenoxy) is 2. The smallest absolute Gasteiger partial charge is 0.246 e. The molecule has 1 aliphatic heterocycles. The highest BCUT2D eigenvalue weighted by atomic mass is 16.5. The van der Waals surface area contributed by atoms with Crippen LogP contribution in [0.25, 0.3) is 0 Å². The fourth-order valence-electron chi connectivity index (χ4n) is 1.84. The Hall–Kier alpha value is -2.04. The number of nitrogens with zero attached hydrogens (tertiary/aromatic N) is 1. The van der Waals surface area contributed by atoms with E-state index >= 15 is 0 Å². The fourth-order valence-corrected chi connectivity index (χ4v) is 1.84. The molecule has 0 spiro atoms. The molecule has 1 amide bonds. The van der Waals surface area contributed by atoms with Crippen molar-refractivity contribution in [1.29, 1.82) is 0 Å². The van der Waals surface area contributed by atoms with E-state index < -0.39 is 0 Å². The molecule has 1 aromatic rings. The van der Waals surface area contributed by atoms with Crippen molar-refractivity contribution in [2.45, 2.75) is 25.4 Å². The predicted octanol–water partition coefficient (Wildman–Crippen LogP) is 1.46. The number of carbonyl (C=O) groups is 1. The van der Waals surface area contributed by atoms with Crippen molar-refractivity contribution < 1.29 is 14.3 Å². The van der Waals surface area contributed by atoms with Crippen LogP contribution in [0.5, 0.6) is 11.5 Å². The van der Waals surface area contributed by atoms with Crippen LogP contribution in [-0.2, 0) is 4.79 Å². The van der Waals surface area contributed by atoms with Crippen LogP contribution < -0.4 is 14.9 Å². The van der Waals surface area contributed by atoms with E-state index in [1.807, 2.05) is 18.2 Å². The van der Waals surface area contributed by atoms with Crippen LogP contribution in [0.3, 0.4) is 0 Å². The van der Waals surface area contributed by atoms with Crippen molar-refractivity contribution in [1.82, 2.24) is 5.43 Å². The van der Waals surface area contributed by atoms with Crippen molar-refractivity contribution in [3.05, 3.63) is 23.8 Å². The van der Waals surface area contributed by atoms with Gasteiger partial charge in [-0.3, -0.25) is 4.79 Å². The molecular formula is C13H14N2O3. The first-order valence-corrected chi connectivity index (χ1v) is 5.97. The number of carbonyl (C=O) groups excluding carboxylic acids is 1. The Balaban J connectivity index is 1.88. The van der Waals surface area contributed by atoms with E-state index in [0.717, 1.165) is 29.9 Å². The molecule has 1 aliphatic carbocycles. The zero-order valence-electron chi connectivity index (χ0n) is 10.1. The first-order valence-electron chi connectivity index (χ1n) is 5.97. The van der Waals surface area contributed by atoms with E-state index in [9.17, 15) is 4.79 Å². The maximum absolute atomic E-state index is 11.1. The Morgan fingerprint density at radius 3 is 2.78 bits per heavy atom. The summed E-state index contributed by atoms with van der Waals surface area (Å²) in [4.78, 5) is 11.1. The van der Waals surface area contributed by atoms with Crippen LogP contribution in [0.2, 0.25) is 0 Å². The van der Waals surface area contributed by atoms with Crippen LogP contribution in [0, 0.1) is 0 Å². The van der Waals surface area contributed by atoms with Gasteiger partial charge in [-0.05, 0) is 31.0 Å². The number of methoxy groups -OCH3 is 1. The van der Waals surface area contributed by atoms with E-state index in [-0.39, 0.29) is 5.91 Å². The van der Waals surface area contributed by atoms with Gasteiger partial charge in [0.1, 0.15) is 0 Å². The lowest BCUT2D eigenvalue weighted by atomic mass is 10.1. The second kappa shape index (κ2) is 4.33. The molecule has 1 saturated carbocycles. The molecule has 5 heteroatoms. The van der Waals surface area contributed by atoms with Gasteiger partial charge in [-0.1, -0.05) is 0 Å². The van der Waals surface area contributed by atoms with Crippen molar-refractivity contribution in [2.75, 3.05) is 7.11 Å². The first kappa shape index (κ1) is 11.1. The standard InChI is InChI=1S/C13H14N2O3/c1-17-11-5-2-8(10-7-13(16)15-14-10)6-12(11)18-9-3-4-9/h2,5-6,9H,3-4,7H2,1H3,(H,15,16). The van der Waals surface area contributed by atoms with Gasteiger partial charge in [0, 0.05) is 5.56 Å². The Bertz CT molecular complexity index is 521.